The number of aromatic nitrogens is 1. The van der Waals surface area contributed by atoms with Crippen molar-refractivity contribution in [2.24, 2.45) is 0 Å². The molecule has 2 aliphatic heterocycles. The van der Waals surface area contributed by atoms with Crippen LogP contribution in [0, 0.1) is 6.92 Å². The average molecular weight is 505 g/mol. The van der Waals surface area contributed by atoms with Gasteiger partial charge in [-0.1, -0.05) is 23.3 Å². The molecule has 2 amide bonds. The lowest BCUT2D eigenvalue weighted by Gasteiger charge is -2.36. The van der Waals surface area contributed by atoms with Crippen LogP contribution in [0.25, 0.3) is 10.9 Å². The first-order chi connectivity index (χ1) is 18.0. The van der Waals surface area contributed by atoms with E-state index >= 15 is 0 Å². The van der Waals surface area contributed by atoms with Gasteiger partial charge < -0.3 is 19.4 Å². The van der Waals surface area contributed by atoms with Gasteiger partial charge in [-0.3, -0.25) is 9.59 Å². The quantitative estimate of drug-likeness (QED) is 0.515. The number of aryl methyl sites for hydroxylation is 1. The lowest BCUT2D eigenvalue weighted by atomic mass is 9.97. The first-order valence-corrected chi connectivity index (χ1v) is 14.0. The molecule has 0 bridgehead atoms. The Morgan fingerprint density at radius 1 is 1.11 bits per heavy atom. The fraction of sp³-hybridized carbons (Fsp3) is 0.567. The maximum atomic E-state index is 13.6. The molecule has 7 heteroatoms. The standard InChI is InChI=1S/C30H40N4O3/c1-22-10-11-27-25(19-22)20-26(29(31-27)33-16-14-32(15-17-33)23(2)35)21-34(30(36)28-9-6-18-37-28)13-12-24-7-4-3-5-8-24/h7,10-11,19-20,28H,3-6,8-9,12-18,21H2,1-2H3/t28-/m1/s1. The number of rotatable bonds is 7. The van der Waals surface area contributed by atoms with Crippen LogP contribution in [0.3, 0.4) is 0 Å². The Morgan fingerprint density at radius 2 is 1.95 bits per heavy atom. The molecule has 0 unspecified atom stereocenters. The van der Waals surface area contributed by atoms with E-state index in [4.69, 9.17) is 9.72 Å². The molecule has 7 nitrogen and oxygen atoms in total. The number of anilines is 1. The van der Waals surface area contributed by atoms with Gasteiger partial charge in [0, 0.05) is 63.7 Å². The molecule has 198 valence electrons. The number of ether oxygens (including phenoxy) is 1. The number of amides is 2. The summed E-state index contributed by atoms with van der Waals surface area (Å²) >= 11 is 0. The van der Waals surface area contributed by atoms with E-state index in [1.54, 1.807) is 6.92 Å². The Kier molecular flexibility index (Phi) is 8.08. The zero-order chi connectivity index (χ0) is 25.8. The van der Waals surface area contributed by atoms with Crippen molar-refractivity contribution < 1.29 is 14.3 Å². The lowest BCUT2D eigenvalue weighted by Crippen LogP contribution is -2.48. The molecule has 0 N–H and O–H groups in total. The summed E-state index contributed by atoms with van der Waals surface area (Å²) in [6, 6.07) is 8.56. The van der Waals surface area contributed by atoms with Crippen molar-refractivity contribution in [1.82, 2.24) is 14.8 Å². The number of allylic oxidation sites excluding steroid dienone is 1. The summed E-state index contributed by atoms with van der Waals surface area (Å²) < 4.78 is 5.82. The molecule has 0 saturated carbocycles. The second-order valence-corrected chi connectivity index (χ2v) is 10.8. The van der Waals surface area contributed by atoms with Crippen LogP contribution < -0.4 is 4.90 Å². The zero-order valence-electron chi connectivity index (χ0n) is 22.4. The van der Waals surface area contributed by atoms with Crippen molar-refractivity contribution >= 4 is 28.5 Å². The minimum Gasteiger partial charge on any atom is -0.368 e. The van der Waals surface area contributed by atoms with Gasteiger partial charge in [-0.15, -0.1) is 0 Å². The van der Waals surface area contributed by atoms with Gasteiger partial charge in [0.2, 0.25) is 5.91 Å². The average Bonchev–Trinajstić information content (AvgIpc) is 3.46. The Bertz CT molecular complexity index is 1160. The highest BCUT2D eigenvalue weighted by Crippen LogP contribution is 2.29. The molecule has 5 rings (SSSR count). The molecular weight excluding hydrogens is 464 g/mol. The first-order valence-electron chi connectivity index (χ1n) is 14.0. The van der Waals surface area contributed by atoms with E-state index in [0.29, 0.717) is 32.8 Å². The Morgan fingerprint density at radius 3 is 2.65 bits per heavy atom. The third-order valence-corrected chi connectivity index (χ3v) is 8.02. The summed E-state index contributed by atoms with van der Waals surface area (Å²) in [5.41, 5.74) is 4.70. The number of nitrogens with zero attached hydrogens (tertiary/aromatic N) is 4. The summed E-state index contributed by atoms with van der Waals surface area (Å²) in [4.78, 5) is 36.8. The second-order valence-electron chi connectivity index (χ2n) is 10.8. The Balaban J connectivity index is 1.45. The van der Waals surface area contributed by atoms with Crippen LogP contribution in [0.4, 0.5) is 5.82 Å². The van der Waals surface area contributed by atoms with E-state index in [2.05, 4.69) is 42.2 Å². The molecule has 2 saturated heterocycles. The minimum atomic E-state index is -0.335. The largest absolute Gasteiger partial charge is 0.368 e. The molecule has 1 aromatic carbocycles. The third-order valence-electron chi connectivity index (χ3n) is 8.02. The van der Waals surface area contributed by atoms with Crippen LogP contribution >= 0.6 is 0 Å². The van der Waals surface area contributed by atoms with Crippen molar-refractivity contribution in [3.8, 4) is 0 Å². The van der Waals surface area contributed by atoms with Gasteiger partial charge in [-0.25, -0.2) is 4.98 Å². The number of fused-ring (bicyclic) bond motifs is 1. The number of hydrogen-bond donors (Lipinski definition) is 0. The SMILES string of the molecule is CC(=O)N1CCN(c2nc3ccc(C)cc3cc2CN(CCC2=CCCCC2)C(=O)[C@H]2CCCO2)CC1. The predicted molar refractivity (Wildman–Crippen MR) is 147 cm³/mol. The molecule has 3 aliphatic rings. The number of hydrogen-bond acceptors (Lipinski definition) is 5. The second kappa shape index (κ2) is 11.6. The van der Waals surface area contributed by atoms with Crippen LogP contribution in [0.2, 0.25) is 0 Å². The maximum absolute atomic E-state index is 13.6. The van der Waals surface area contributed by atoms with E-state index < -0.39 is 0 Å². The van der Waals surface area contributed by atoms with Gasteiger partial charge >= 0.3 is 0 Å². The highest BCUT2D eigenvalue weighted by Gasteiger charge is 2.30. The topological polar surface area (TPSA) is 66.0 Å². The lowest BCUT2D eigenvalue weighted by molar-refractivity contribution is -0.141. The van der Waals surface area contributed by atoms with Gasteiger partial charge in [0.25, 0.3) is 5.91 Å². The molecule has 1 aliphatic carbocycles. The summed E-state index contributed by atoms with van der Waals surface area (Å²) in [6.07, 6.45) is 9.51. The normalized spacial score (nSPS) is 20.3. The molecule has 0 radical (unpaired) electrons. The summed E-state index contributed by atoms with van der Waals surface area (Å²) in [5.74, 6) is 1.15. The minimum absolute atomic E-state index is 0.102. The fourth-order valence-corrected chi connectivity index (χ4v) is 5.81. The van der Waals surface area contributed by atoms with Gasteiger partial charge in [0.1, 0.15) is 11.9 Å². The summed E-state index contributed by atoms with van der Waals surface area (Å²) in [7, 11) is 0. The van der Waals surface area contributed by atoms with Crippen LogP contribution in [-0.2, 0) is 20.9 Å². The highest BCUT2D eigenvalue weighted by atomic mass is 16.5. The smallest absolute Gasteiger partial charge is 0.252 e. The van der Waals surface area contributed by atoms with Crippen LogP contribution in [-0.4, -0.2) is 72.0 Å². The van der Waals surface area contributed by atoms with Crippen LogP contribution in [0.1, 0.15) is 63.0 Å². The Labute approximate surface area is 220 Å². The van der Waals surface area contributed by atoms with E-state index in [9.17, 15) is 9.59 Å². The van der Waals surface area contributed by atoms with Gasteiger partial charge in [0.15, 0.2) is 0 Å². The summed E-state index contributed by atoms with van der Waals surface area (Å²) in [5, 5.41) is 1.10. The number of benzene rings is 1. The predicted octanol–water partition coefficient (Wildman–Crippen LogP) is 4.61. The van der Waals surface area contributed by atoms with Crippen molar-refractivity contribution in [2.45, 2.75) is 71.4 Å². The van der Waals surface area contributed by atoms with Crippen LogP contribution in [0.15, 0.2) is 35.9 Å². The fourth-order valence-electron chi connectivity index (χ4n) is 5.81. The number of carbonyl (C=O) groups is 2. The van der Waals surface area contributed by atoms with Gasteiger partial charge in [0.05, 0.1) is 5.52 Å². The first kappa shape index (κ1) is 25.7. The Hall–Kier alpha value is -2.93. The maximum Gasteiger partial charge on any atom is 0.252 e. The zero-order valence-corrected chi connectivity index (χ0v) is 22.4. The van der Waals surface area contributed by atoms with Crippen molar-refractivity contribution in [3.05, 3.63) is 47.0 Å². The van der Waals surface area contributed by atoms with Crippen LogP contribution in [0.5, 0.6) is 0 Å². The van der Waals surface area contributed by atoms with E-state index in [1.807, 2.05) is 9.80 Å². The number of piperazine rings is 1. The molecule has 2 fully saturated rings. The van der Waals surface area contributed by atoms with Crippen molar-refractivity contribution in [3.63, 3.8) is 0 Å². The number of pyridine rings is 1. The molecule has 1 atom stereocenters. The van der Waals surface area contributed by atoms with E-state index in [0.717, 1.165) is 67.5 Å². The molecular formula is C30H40N4O3. The van der Waals surface area contributed by atoms with Gasteiger partial charge in [-0.2, -0.15) is 0 Å². The molecule has 1 aromatic heterocycles. The van der Waals surface area contributed by atoms with E-state index in [1.165, 1.54) is 24.0 Å². The van der Waals surface area contributed by atoms with Crippen molar-refractivity contribution in [1.29, 1.82) is 0 Å². The van der Waals surface area contributed by atoms with Crippen molar-refractivity contribution in [2.75, 3.05) is 44.2 Å². The third kappa shape index (κ3) is 6.15. The van der Waals surface area contributed by atoms with E-state index in [-0.39, 0.29) is 17.9 Å². The monoisotopic (exact) mass is 504 g/mol. The molecule has 3 heterocycles. The molecule has 37 heavy (non-hydrogen) atoms. The number of carbonyl (C=O) groups excluding carboxylic acids is 2. The molecule has 2 aromatic rings. The summed E-state index contributed by atoms with van der Waals surface area (Å²) in [6.45, 7) is 8.47. The van der Waals surface area contributed by atoms with Gasteiger partial charge in [-0.05, 0) is 70.1 Å². The highest BCUT2D eigenvalue weighted by molar-refractivity contribution is 5.84. The molecule has 0 spiro atoms.